The molecule has 0 aliphatic rings. The van der Waals surface area contributed by atoms with Crippen LogP contribution in [0.4, 0.5) is 0 Å². The van der Waals surface area contributed by atoms with Gasteiger partial charge in [-0.25, -0.2) is 0 Å². The zero-order valence-electron chi connectivity index (χ0n) is 18.0. The molecule has 0 N–H and O–H groups in total. The number of benzene rings is 4. The third-order valence-corrected chi connectivity index (χ3v) is 14.2. The molecule has 4 aromatic carbocycles. The van der Waals surface area contributed by atoms with Crippen molar-refractivity contribution in [2.45, 2.75) is 0 Å². The Kier molecular flexibility index (Phi) is 7.48. The van der Waals surface area contributed by atoms with Crippen molar-refractivity contribution in [2.75, 3.05) is 0 Å². The molecule has 0 atom stereocenters. The van der Waals surface area contributed by atoms with Crippen LogP contribution in [0.2, 0.25) is 0 Å². The number of hydrogen-bond acceptors (Lipinski definition) is 6. The van der Waals surface area contributed by atoms with Crippen LogP contribution in [0.3, 0.4) is 0 Å². The van der Waals surface area contributed by atoms with Crippen molar-refractivity contribution in [2.24, 2.45) is 0 Å². The zero-order valence-corrected chi connectivity index (χ0v) is 21.9. The predicted octanol–water partition coefficient (Wildman–Crippen LogP) is 4.40. The Morgan fingerprint density at radius 1 is 0.412 bits per heavy atom. The van der Waals surface area contributed by atoms with E-state index in [9.17, 15) is 14.4 Å². The maximum absolute atomic E-state index is 13.1. The van der Waals surface area contributed by atoms with Gasteiger partial charge in [-0.05, 0) is 0 Å². The van der Waals surface area contributed by atoms with E-state index in [1.807, 2.05) is 0 Å². The van der Waals surface area contributed by atoms with Gasteiger partial charge < -0.3 is 0 Å². The molecule has 0 aliphatic heterocycles. The summed E-state index contributed by atoms with van der Waals surface area (Å²) in [5.41, 5.74) is 0.734. The molecular formula is C27H20O6Pb. The van der Waals surface area contributed by atoms with Crippen molar-refractivity contribution in [1.29, 1.82) is 0 Å². The Morgan fingerprint density at radius 2 is 0.676 bits per heavy atom. The van der Waals surface area contributed by atoms with Crippen molar-refractivity contribution >= 4 is 43.6 Å². The Morgan fingerprint density at radius 3 is 0.971 bits per heavy atom. The first-order chi connectivity index (χ1) is 16.6. The second kappa shape index (κ2) is 10.9. The van der Waals surface area contributed by atoms with Crippen molar-refractivity contribution in [1.82, 2.24) is 0 Å². The summed E-state index contributed by atoms with van der Waals surface area (Å²) in [6.07, 6.45) is 0. The predicted molar refractivity (Wildman–Crippen MR) is 127 cm³/mol. The van der Waals surface area contributed by atoms with Crippen LogP contribution in [0.5, 0.6) is 0 Å². The maximum atomic E-state index is 13.1. The van der Waals surface area contributed by atoms with E-state index < -0.39 is 40.4 Å². The monoisotopic (exact) mass is 648 g/mol. The van der Waals surface area contributed by atoms with E-state index in [-0.39, 0.29) is 16.7 Å². The molecule has 0 unspecified atom stereocenters. The molecule has 168 valence electrons. The average molecular weight is 648 g/mol. The van der Waals surface area contributed by atoms with Crippen molar-refractivity contribution < 1.29 is 22.4 Å². The van der Waals surface area contributed by atoms with Gasteiger partial charge in [-0.1, -0.05) is 0 Å². The average Bonchev–Trinajstić information content (AvgIpc) is 2.90. The summed E-state index contributed by atoms with van der Waals surface area (Å²) in [5.74, 6) is -2.23. The molecule has 0 bridgehead atoms. The molecule has 7 heteroatoms. The quantitative estimate of drug-likeness (QED) is 0.277. The van der Waals surface area contributed by atoms with Gasteiger partial charge in [-0.15, -0.1) is 0 Å². The molecule has 0 saturated heterocycles. The van der Waals surface area contributed by atoms with Gasteiger partial charge in [-0.2, -0.15) is 0 Å². The fraction of sp³-hybridized carbons (Fsp3) is 0. The molecule has 4 aromatic rings. The van der Waals surface area contributed by atoms with E-state index in [0.717, 1.165) is 0 Å². The molecule has 0 spiro atoms. The van der Waals surface area contributed by atoms with Crippen LogP contribution >= 0.6 is 0 Å². The van der Waals surface area contributed by atoms with Gasteiger partial charge in [0.25, 0.3) is 0 Å². The second-order valence-corrected chi connectivity index (χ2v) is 16.1. The Labute approximate surface area is 203 Å². The first-order valence-corrected chi connectivity index (χ1v) is 17.2. The topological polar surface area (TPSA) is 78.9 Å². The number of carbonyl (C=O) groups is 3. The zero-order chi connectivity index (χ0) is 23.8. The molecule has 4 rings (SSSR count). The van der Waals surface area contributed by atoms with Gasteiger partial charge in [0, 0.05) is 0 Å². The van der Waals surface area contributed by atoms with Gasteiger partial charge in [-0.3, -0.25) is 0 Å². The summed E-state index contributed by atoms with van der Waals surface area (Å²) in [5, 5.41) is 0. The van der Waals surface area contributed by atoms with Gasteiger partial charge in [0.05, 0.1) is 0 Å². The standard InChI is InChI=1S/3C7H6O2.C6H5.Pb/c3*8-7(9)6-4-2-1-3-5-6;1-2-4-6-5-3-1;/h3*1-5H,(H,8,9);1-5H;/q;;;;+3/p-3. The number of hydrogen-bond donors (Lipinski definition) is 0. The fourth-order valence-corrected chi connectivity index (χ4v) is 11.6. The van der Waals surface area contributed by atoms with Crippen molar-refractivity contribution in [3.8, 4) is 0 Å². The Hall–Kier alpha value is -3.79. The van der Waals surface area contributed by atoms with Gasteiger partial charge in [0.15, 0.2) is 0 Å². The van der Waals surface area contributed by atoms with Crippen LogP contribution in [0.15, 0.2) is 121 Å². The summed E-state index contributed by atoms with van der Waals surface area (Å²) in [4.78, 5) is 39.4. The molecule has 34 heavy (non-hydrogen) atoms. The molecule has 0 amide bonds. The molecule has 0 aliphatic carbocycles. The fourth-order valence-electron chi connectivity index (χ4n) is 3.15. The molecular weight excluding hydrogens is 627 g/mol. The molecule has 0 aromatic heterocycles. The Balaban J connectivity index is 1.78. The molecule has 0 radical (unpaired) electrons. The summed E-state index contributed by atoms with van der Waals surface area (Å²) >= 11 is -5.65. The van der Waals surface area contributed by atoms with Crippen LogP contribution in [-0.4, -0.2) is 40.4 Å². The summed E-state index contributed by atoms with van der Waals surface area (Å²) in [6.45, 7) is 0. The SMILES string of the molecule is O=C([O][Pb]([O]C(=O)c1ccccc1)([O]C(=O)c1ccccc1)[c]1ccccc1)c1ccccc1. The third kappa shape index (κ3) is 5.58. The van der Waals surface area contributed by atoms with Gasteiger partial charge in [0.2, 0.25) is 0 Å². The van der Waals surface area contributed by atoms with Crippen LogP contribution in [0.1, 0.15) is 31.1 Å². The second-order valence-electron chi connectivity index (χ2n) is 7.19. The van der Waals surface area contributed by atoms with Crippen molar-refractivity contribution in [3.05, 3.63) is 138 Å². The minimum atomic E-state index is -5.65. The van der Waals surface area contributed by atoms with E-state index in [0.29, 0.717) is 3.12 Å². The number of rotatable bonds is 7. The molecule has 6 nitrogen and oxygen atoms in total. The Bertz CT molecular complexity index is 1130. The number of carbonyl (C=O) groups excluding carboxylic acids is 3. The van der Waals surface area contributed by atoms with Crippen LogP contribution in [0.25, 0.3) is 0 Å². The summed E-state index contributed by atoms with van der Waals surface area (Å²) in [6, 6.07) is 33.3. The van der Waals surface area contributed by atoms with E-state index in [2.05, 4.69) is 0 Å². The van der Waals surface area contributed by atoms with Crippen LogP contribution in [-0.2, 0) is 8.06 Å². The third-order valence-electron chi connectivity index (χ3n) is 4.84. The van der Waals surface area contributed by atoms with E-state index in [4.69, 9.17) is 8.06 Å². The first-order valence-electron chi connectivity index (χ1n) is 10.5. The molecule has 0 saturated carbocycles. The van der Waals surface area contributed by atoms with E-state index >= 15 is 0 Å². The normalized spacial score (nSPS) is 10.7. The first kappa shape index (κ1) is 23.4. The molecule has 0 heterocycles. The molecule has 0 fully saturated rings. The minimum absolute atomic E-state index is 0.245. The summed E-state index contributed by atoms with van der Waals surface area (Å²) < 4.78 is 18.0. The van der Waals surface area contributed by atoms with Crippen LogP contribution < -0.4 is 3.12 Å². The van der Waals surface area contributed by atoms with E-state index in [1.54, 1.807) is 121 Å². The summed E-state index contributed by atoms with van der Waals surface area (Å²) in [7, 11) is 0. The van der Waals surface area contributed by atoms with Gasteiger partial charge in [0.1, 0.15) is 0 Å². The van der Waals surface area contributed by atoms with Crippen molar-refractivity contribution in [3.63, 3.8) is 0 Å². The van der Waals surface area contributed by atoms with Gasteiger partial charge >= 0.3 is 204 Å². The van der Waals surface area contributed by atoms with Crippen LogP contribution in [0, 0.1) is 0 Å². The van der Waals surface area contributed by atoms with E-state index in [1.165, 1.54) is 0 Å².